The third kappa shape index (κ3) is 1.88. The fraction of sp³-hybridized carbons (Fsp3) is 0.556. The van der Waals surface area contributed by atoms with E-state index in [0.717, 1.165) is 0 Å². The molecule has 1 aliphatic rings. The summed E-state index contributed by atoms with van der Waals surface area (Å²) in [5.74, 6) is -1.73. The average Bonchev–Trinajstić information content (AvgIpc) is 2.76. The van der Waals surface area contributed by atoms with Gasteiger partial charge in [0.05, 0.1) is 12.5 Å². The number of hydrogen-bond acceptors (Lipinski definition) is 5. The van der Waals surface area contributed by atoms with Crippen molar-refractivity contribution in [3.63, 3.8) is 0 Å². The summed E-state index contributed by atoms with van der Waals surface area (Å²) in [6, 6.07) is 0. The van der Waals surface area contributed by atoms with Gasteiger partial charge >= 0.3 is 5.97 Å². The summed E-state index contributed by atoms with van der Waals surface area (Å²) in [5, 5.41) is 16.1. The molecule has 1 aromatic heterocycles. The summed E-state index contributed by atoms with van der Waals surface area (Å²) in [4.78, 5) is 23.7. The number of hydrogen-bond donors (Lipinski definition) is 1. The molecule has 1 fully saturated rings. The van der Waals surface area contributed by atoms with Crippen LogP contribution in [0.1, 0.15) is 17.8 Å². The standard InChI is InChI=1S/C9H11N3O4/c1-5-7(11-16-10-5)4-12-3-6(9(14)15)2-8(12)13/h6H,2-4H2,1H3,(H,14,15). The van der Waals surface area contributed by atoms with Crippen LogP contribution in [0.4, 0.5) is 0 Å². The first kappa shape index (κ1) is 10.6. The van der Waals surface area contributed by atoms with Crippen molar-refractivity contribution in [3.8, 4) is 0 Å². The van der Waals surface area contributed by atoms with Crippen LogP contribution in [-0.2, 0) is 16.1 Å². The molecule has 1 N–H and O–H groups in total. The Morgan fingerprint density at radius 3 is 2.88 bits per heavy atom. The van der Waals surface area contributed by atoms with E-state index >= 15 is 0 Å². The van der Waals surface area contributed by atoms with E-state index in [9.17, 15) is 9.59 Å². The quantitative estimate of drug-likeness (QED) is 0.765. The molecule has 2 heterocycles. The first-order valence-corrected chi connectivity index (χ1v) is 4.86. The Kier molecular flexibility index (Phi) is 2.59. The molecule has 7 heteroatoms. The first-order valence-electron chi connectivity index (χ1n) is 4.86. The van der Waals surface area contributed by atoms with Crippen LogP contribution in [-0.4, -0.2) is 38.7 Å². The molecule has 0 aliphatic carbocycles. The molecule has 1 amide bonds. The lowest BCUT2D eigenvalue weighted by Crippen LogP contribution is -2.26. The van der Waals surface area contributed by atoms with Gasteiger partial charge in [0.1, 0.15) is 11.4 Å². The van der Waals surface area contributed by atoms with Gasteiger partial charge in [-0.25, -0.2) is 4.63 Å². The molecule has 16 heavy (non-hydrogen) atoms. The summed E-state index contributed by atoms with van der Waals surface area (Å²) in [6.45, 7) is 2.21. The smallest absolute Gasteiger partial charge is 0.308 e. The monoisotopic (exact) mass is 225 g/mol. The molecule has 0 spiro atoms. The molecule has 2 rings (SSSR count). The number of amides is 1. The average molecular weight is 225 g/mol. The van der Waals surface area contributed by atoms with Gasteiger partial charge in [0.2, 0.25) is 5.91 Å². The van der Waals surface area contributed by atoms with Crippen molar-refractivity contribution in [1.82, 2.24) is 15.2 Å². The molecule has 0 bridgehead atoms. The maximum Gasteiger partial charge on any atom is 0.308 e. The number of nitrogens with zero attached hydrogens (tertiary/aromatic N) is 3. The molecule has 1 unspecified atom stereocenters. The van der Waals surface area contributed by atoms with Gasteiger partial charge in [-0.3, -0.25) is 9.59 Å². The Morgan fingerprint density at radius 2 is 2.38 bits per heavy atom. The van der Waals surface area contributed by atoms with Crippen molar-refractivity contribution < 1.29 is 19.3 Å². The van der Waals surface area contributed by atoms with E-state index in [4.69, 9.17) is 5.11 Å². The molecule has 0 aromatic carbocycles. The zero-order chi connectivity index (χ0) is 11.7. The van der Waals surface area contributed by atoms with E-state index in [2.05, 4.69) is 14.9 Å². The first-order chi connectivity index (χ1) is 7.58. The van der Waals surface area contributed by atoms with Gasteiger partial charge in [0.25, 0.3) is 0 Å². The second kappa shape index (κ2) is 3.92. The van der Waals surface area contributed by atoms with Crippen LogP contribution in [0.15, 0.2) is 4.63 Å². The van der Waals surface area contributed by atoms with Crippen molar-refractivity contribution in [3.05, 3.63) is 11.4 Å². The van der Waals surface area contributed by atoms with Gasteiger partial charge in [-0.15, -0.1) is 0 Å². The van der Waals surface area contributed by atoms with Crippen molar-refractivity contribution >= 4 is 11.9 Å². The minimum absolute atomic E-state index is 0.0552. The van der Waals surface area contributed by atoms with Crippen LogP contribution >= 0.6 is 0 Å². The van der Waals surface area contributed by atoms with Crippen molar-refractivity contribution in [1.29, 1.82) is 0 Å². The van der Waals surface area contributed by atoms with E-state index < -0.39 is 11.9 Å². The van der Waals surface area contributed by atoms with Crippen LogP contribution < -0.4 is 0 Å². The highest BCUT2D eigenvalue weighted by molar-refractivity contribution is 5.86. The highest BCUT2D eigenvalue weighted by atomic mass is 16.6. The summed E-state index contributed by atoms with van der Waals surface area (Å²) in [6.07, 6.45) is 0.0552. The lowest BCUT2D eigenvalue weighted by atomic mass is 10.1. The van der Waals surface area contributed by atoms with Crippen molar-refractivity contribution in [2.45, 2.75) is 19.9 Å². The molecular formula is C9H11N3O4. The summed E-state index contributed by atoms with van der Waals surface area (Å²) < 4.78 is 4.51. The predicted molar refractivity (Wildman–Crippen MR) is 50.2 cm³/mol. The zero-order valence-corrected chi connectivity index (χ0v) is 8.71. The molecule has 0 saturated carbocycles. The fourth-order valence-electron chi connectivity index (χ4n) is 1.66. The lowest BCUT2D eigenvalue weighted by molar-refractivity contribution is -0.141. The Morgan fingerprint density at radius 1 is 1.62 bits per heavy atom. The van der Waals surface area contributed by atoms with Gasteiger partial charge < -0.3 is 10.0 Å². The summed E-state index contributed by atoms with van der Waals surface area (Å²) in [5.41, 5.74) is 1.19. The maximum atomic E-state index is 11.5. The zero-order valence-electron chi connectivity index (χ0n) is 8.71. The van der Waals surface area contributed by atoms with Gasteiger partial charge in [-0.2, -0.15) is 0 Å². The molecule has 86 valence electrons. The second-order valence-corrected chi connectivity index (χ2v) is 3.81. The number of carboxylic acid groups (broad SMARTS) is 1. The van der Waals surface area contributed by atoms with Gasteiger partial charge in [-0.05, 0) is 6.92 Å². The number of aliphatic carboxylic acids is 1. The molecule has 1 saturated heterocycles. The van der Waals surface area contributed by atoms with Crippen molar-refractivity contribution in [2.24, 2.45) is 5.92 Å². The summed E-state index contributed by atoms with van der Waals surface area (Å²) >= 11 is 0. The van der Waals surface area contributed by atoms with E-state index in [1.807, 2.05) is 0 Å². The second-order valence-electron chi connectivity index (χ2n) is 3.81. The minimum atomic E-state index is -0.939. The van der Waals surface area contributed by atoms with E-state index in [1.165, 1.54) is 4.90 Å². The topological polar surface area (TPSA) is 96.5 Å². The van der Waals surface area contributed by atoms with Gasteiger partial charge in [0.15, 0.2) is 0 Å². The van der Waals surface area contributed by atoms with Crippen LogP contribution in [0.2, 0.25) is 0 Å². The number of rotatable bonds is 3. The highest BCUT2D eigenvalue weighted by Gasteiger charge is 2.34. The van der Waals surface area contributed by atoms with Crippen LogP contribution in [0, 0.1) is 12.8 Å². The van der Waals surface area contributed by atoms with E-state index in [0.29, 0.717) is 11.4 Å². The number of carbonyl (C=O) groups excluding carboxylic acids is 1. The van der Waals surface area contributed by atoms with Crippen molar-refractivity contribution in [2.75, 3.05) is 6.54 Å². The Bertz CT molecular complexity index is 428. The Balaban J connectivity index is 2.04. The van der Waals surface area contributed by atoms with Crippen LogP contribution in [0.3, 0.4) is 0 Å². The molecule has 1 atom stereocenters. The number of carboxylic acids is 1. The van der Waals surface area contributed by atoms with Gasteiger partial charge in [-0.1, -0.05) is 10.3 Å². The van der Waals surface area contributed by atoms with Gasteiger partial charge in [0, 0.05) is 13.0 Å². The van der Waals surface area contributed by atoms with Crippen LogP contribution in [0.25, 0.3) is 0 Å². The summed E-state index contributed by atoms with van der Waals surface area (Å²) in [7, 11) is 0. The largest absolute Gasteiger partial charge is 0.481 e. The molecule has 7 nitrogen and oxygen atoms in total. The number of carbonyl (C=O) groups is 2. The SMILES string of the molecule is Cc1nonc1CN1CC(C(=O)O)CC1=O. The highest BCUT2D eigenvalue weighted by Crippen LogP contribution is 2.20. The number of likely N-dealkylation sites (tertiary alicyclic amines) is 1. The van der Waals surface area contributed by atoms with E-state index in [-0.39, 0.29) is 25.4 Å². The Hall–Kier alpha value is -1.92. The van der Waals surface area contributed by atoms with Crippen LogP contribution in [0.5, 0.6) is 0 Å². The predicted octanol–water partition coefficient (Wildman–Crippen LogP) is -0.189. The fourth-order valence-corrected chi connectivity index (χ4v) is 1.66. The Labute approximate surface area is 91.0 Å². The number of aromatic nitrogens is 2. The molecule has 0 radical (unpaired) electrons. The third-order valence-electron chi connectivity index (χ3n) is 2.65. The maximum absolute atomic E-state index is 11.5. The molecule has 1 aliphatic heterocycles. The molecule has 1 aromatic rings. The minimum Gasteiger partial charge on any atom is -0.481 e. The molecular weight excluding hydrogens is 214 g/mol. The lowest BCUT2D eigenvalue weighted by Gasteiger charge is -2.13. The normalized spacial score (nSPS) is 20.4. The number of aryl methyl sites for hydroxylation is 1. The third-order valence-corrected chi connectivity index (χ3v) is 2.65. The van der Waals surface area contributed by atoms with E-state index in [1.54, 1.807) is 6.92 Å².